The van der Waals surface area contributed by atoms with E-state index in [9.17, 15) is 4.79 Å². The normalized spacial score (nSPS) is 22.1. The van der Waals surface area contributed by atoms with Crippen LogP contribution in [0.25, 0.3) is 5.69 Å². The van der Waals surface area contributed by atoms with Gasteiger partial charge in [0.15, 0.2) is 0 Å². The van der Waals surface area contributed by atoms with Crippen LogP contribution in [0.3, 0.4) is 0 Å². The van der Waals surface area contributed by atoms with Gasteiger partial charge in [0.25, 0.3) is 0 Å². The van der Waals surface area contributed by atoms with E-state index in [0.717, 1.165) is 56.6 Å². The van der Waals surface area contributed by atoms with E-state index in [0.29, 0.717) is 11.9 Å². The fourth-order valence-corrected chi connectivity index (χ4v) is 4.83. The Labute approximate surface area is 161 Å². The molecule has 1 saturated heterocycles. The largest absolute Gasteiger partial charge is 0.339 e. The molecule has 1 atom stereocenters. The summed E-state index contributed by atoms with van der Waals surface area (Å²) in [4.78, 5) is 15.5. The molecule has 5 nitrogen and oxygen atoms in total. The van der Waals surface area contributed by atoms with Crippen molar-refractivity contribution in [3.05, 3.63) is 42.5 Å². The summed E-state index contributed by atoms with van der Waals surface area (Å²) >= 11 is 0. The molecule has 144 valence electrons. The van der Waals surface area contributed by atoms with Crippen LogP contribution in [0, 0.1) is 5.41 Å². The lowest BCUT2D eigenvalue weighted by atomic mass is 9.74. The summed E-state index contributed by atoms with van der Waals surface area (Å²) in [7, 11) is 0. The van der Waals surface area contributed by atoms with Gasteiger partial charge in [0.2, 0.25) is 5.91 Å². The molecule has 2 heterocycles. The van der Waals surface area contributed by atoms with Crippen LogP contribution in [0.1, 0.15) is 64.1 Å². The smallest absolute Gasteiger partial charge is 0.228 e. The summed E-state index contributed by atoms with van der Waals surface area (Å²) in [6.07, 6.45) is 11.6. The molecule has 1 aromatic carbocycles. The van der Waals surface area contributed by atoms with Crippen molar-refractivity contribution in [2.75, 3.05) is 6.54 Å². The molecule has 2 aliphatic rings. The number of rotatable bonds is 5. The lowest BCUT2D eigenvalue weighted by molar-refractivity contribution is -0.144. The lowest BCUT2D eigenvalue weighted by Gasteiger charge is -2.38. The van der Waals surface area contributed by atoms with E-state index < -0.39 is 0 Å². The Hall–Kier alpha value is -2.17. The molecule has 0 spiro atoms. The number of likely N-dealkylation sites (tertiary alicyclic amines) is 1. The summed E-state index contributed by atoms with van der Waals surface area (Å²) in [5.74, 6) is 1.37. The summed E-state index contributed by atoms with van der Waals surface area (Å²) in [5.41, 5.74) is 0.955. The van der Waals surface area contributed by atoms with Crippen molar-refractivity contribution in [1.82, 2.24) is 19.7 Å². The predicted molar refractivity (Wildman–Crippen MR) is 106 cm³/mol. The van der Waals surface area contributed by atoms with Crippen molar-refractivity contribution in [3.8, 4) is 5.69 Å². The molecule has 0 bridgehead atoms. The number of carbonyl (C=O) groups excluding carboxylic acids is 1. The first-order chi connectivity index (χ1) is 13.2. The van der Waals surface area contributed by atoms with E-state index in [2.05, 4.69) is 38.7 Å². The maximum atomic E-state index is 13.3. The molecule has 1 unspecified atom stereocenters. The number of para-hydroxylation sites is 1. The fraction of sp³-hybridized carbons (Fsp3) is 0.591. The van der Waals surface area contributed by atoms with Gasteiger partial charge in [-0.15, -0.1) is 10.2 Å². The van der Waals surface area contributed by atoms with Crippen molar-refractivity contribution in [2.24, 2.45) is 5.41 Å². The van der Waals surface area contributed by atoms with Crippen molar-refractivity contribution >= 4 is 5.91 Å². The number of hydrogen-bond acceptors (Lipinski definition) is 3. The zero-order valence-corrected chi connectivity index (χ0v) is 16.3. The molecule has 1 aliphatic heterocycles. The Morgan fingerprint density at radius 3 is 2.70 bits per heavy atom. The number of aryl methyl sites for hydroxylation is 1. The minimum absolute atomic E-state index is 0.134. The summed E-state index contributed by atoms with van der Waals surface area (Å²) in [5, 5.41) is 8.45. The van der Waals surface area contributed by atoms with Crippen LogP contribution in [0.4, 0.5) is 0 Å². The second-order valence-corrected chi connectivity index (χ2v) is 8.41. The zero-order valence-electron chi connectivity index (χ0n) is 16.3. The summed E-state index contributed by atoms with van der Waals surface area (Å²) < 4.78 is 2.06. The van der Waals surface area contributed by atoms with Crippen LogP contribution < -0.4 is 0 Å². The van der Waals surface area contributed by atoms with E-state index in [1.807, 2.05) is 18.2 Å². The molecule has 5 heteroatoms. The van der Waals surface area contributed by atoms with Gasteiger partial charge in [-0.05, 0) is 44.2 Å². The minimum atomic E-state index is -0.134. The molecule has 1 aliphatic carbocycles. The van der Waals surface area contributed by atoms with Crippen LogP contribution >= 0.6 is 0 Å². The highest BCUT2D eigenvalue weighted by Gasteiger charge is 2.41. The Morgan fingerprint density at radius 2 is 1.93 bits per heavy atom. The lowest BCUT2D eigenvalue weighted by Crippen LogP contribution is -2.45. The maximum absolute atomic E-state index is 13.3. The van der Waals surface area contributed by atoms with Gasteiger partial charge in [-0.3, -0.25) is 9.36 Å². The SMILES string of the molecule is CC1(C(=O)N2CCCC2CCc2nncn2-c2ccccc2)CCCCC1. The second-order valence-electron chi connectivity index (χ2n) is 8.41. The third kappa shape index (κ3) is 3.78. The number of benzene rings is 1. The van der Waals surface area contributed by atoms with Gasteiger partial charge >= 0.3 is 0 Å². The molecule has 4 rings (SSSR count). The molecular formula is C22H30N4O. The van der Waals surface area contributed by atoms with Crippen molar-refractivity contribution in [1.29, 1.82) is 0 Å². The highest BCUT2D eigenvalue weighted by Crippen LogP contribution is 2.39. The van der Waals surface area contributed by atoms with Crippen LogP contribution in [-0.2, 0) is 11.2 Å². The third-order valence-corrected chi connectivity index (χ3v) is 6.47. The third-order valence-electron chi connectivity index (χ3n) is 6.47. The first kappa shape index (κ1) is 18.2. The van der Waals surface area contributed by atoms with E-state index >= 15 is 0 Å². The van der Waals surface area contributed by atoms with Crippen molar-refractivity contribution < 1.29 is 4.79 Å². The monoisotopic (exact) mass is 366 g/mol. The van der Waals surface area contributed by atoms with Crippen molar-refractivity contribution in [3.63, 3.8) is 0 Å². The van der Waals surface area contributed by atoms with E-state index in [1.165, 1.54) is 19.3 Å². The number of nitrogens with zero attached hydrogens (tertiary/aromatic N) is 4. The number of carbonyl (C=O) groups is 1. The van der Waals surface area contributed by atoms with Gasteiger partial charge in [0.1, 0.15) is 12.2 Å². The highest BCUT2D eigenvalue weighted by atomic mass is 16.2. The summed E-state index contributed by atoms with van der Waals surface area (Å²) in [6, 6.07) is 10.6. The molecular weight excluding hydrogens is 336 g/mol. The Kier molecular flexibility index (Phi) is 5.28. The van der Waals surface area contributed by atoms with Gasteiger partial charge in [-0.25, -0.2) is 0 Å². The predicted octanol–water partition coefficient (Wildman–Crippen LogP) is 4.16. The number of aromatic nitrogens is 3. The number of amides is 1. The Bertz CT molecular complexity index is 764. The van der Waals surface area contributed by atoms with Gasteiger partial charge in [0, 0.05) is 30.1 Å². The standard InChI is InChI=1S/C22H30N4O/c1-22(14-6-3-7-15-22)21(27)25-16-8-11-19(25)12-13-20-24-23-17-26(20)18-9-4-2-5-10-18/h2,4-5,9-10,17,19H,3,6-8,11-16H2,1H3. The molecule has 1 amide bonds. The van der Waals surface area contributed by atoms with E-state index in [1.54, 1.807) is 6.33 Å². The van der Waals surface area contributed by atoms with Crippen LogP contribution in [0.2, 0.25) is 0 Å². The minimum Gasteiger partial charge on any atom is -0.339 e. The van der Waals surface area contributed by atoms with Gasteiger partial charge in [-0.1, -0.05) is 44.4 Å². The first-order valence-corrected chi connectivity index (χ1v) is 10.4. The molecule has 1 saturated carbocycles. The Balaban J connectivity index is 1.43. The first-order valence-electron chi connectivity index (χ1n) is 10.4. The van der Waals surface area contributed by atoms with E-state index in [-0.39, 0.29) is 5.41 Å². The highest BCUT2D eigenvalue weighted by molar-refractivity contribution is 5.83. The molecule has 27 heavy (non-hydrogen) atoms. The van der Waals surface area contributed by atoms with Gasteiger partial charge in [-0.2, -0.15) is 0 Å². The molecule has 2 fully saturated rings. The number of hydrogen-bond donors (Lipinski definition) is 0. The average Bonchev–Trinajstić information content (AvgIpc) is 3.36. The van der Waals surface area contributed by atoms with Crippen LogP contribution in [0.5, 0.6) is 0 Å². The maximum Gasteiger partial charge on any atom is 0.228 e. The topological polar surface area (TPSA) is 51.0 Å². The molecule has 0 N–H and O–H groups in total. The summed E-state index contributed by atoms with van der Waals surface area (Å²) in [6.45, 7) is 3.11. The van der Waals surface area contributed by atoms with Crippen molar-refractivity contribution in [2.45, 2.75) is 70.8 Å². The second kappa shape index (κ2) is 7.83. The van der Waals surface area contributed by atoms with Crippen LogP contribution in [-0.4, -0.2) is 38.2 Å². The molecule has 1 aromatic heterocycles. The quantitative estimate of drug-likeness (QED) is 0.798. The van der Waals surface area contributed by atoms with Gasteiger partial charge < -0.3 is 4.90 Å². The van der Waals surface area contributed by atoms with Crippen LogP contribution in [0.15, 0.2) is 36.7 Å². The fourth-order valence-electron chi connectivity index (χ4n) is 4.83. The molecule has 2 aromatic rings. The Morgan fingerprint density at radius 1 is 1.15 bits per heavy atom. The average molecular weight is 367 g/mol. The molecule has 0 radical (unpaired) electrons. The zero-order chi connectivity index (χ0) is 18.7. The van der Waals surface area contributed by atoms with Gasteiger partial charge in [0.05, 0.1) is 0 Å². The van der Waals surface area contributed by atoms with E-state index in [4.69, 9.17) is 0 Å².